The molecule has 5 heterocycles. The number of thiocarbonyl (C=S) groups is 1. The van der Waals surface area contributed by atoms with Gasteiger partial charge in [0, 0.05) is 32.4 Å². The second kappa shape index (κ2) is 18.8. The van der Waals surface area contributed by atoms with Crippen LogP contribution >= 0.6 is 46.5 Å². The topological polar surface area (TPSA) is 205 Å². The van der Waals surface area contributed by atoms with Crippen LogP contribution in [0.4, 0.5) is 16.0 Å². The predicted octanol–water partition coefficient (Wildman–Crippen LogP) is 1.70. The van der Waals surface area contributed by atoms with E-state index in [4.69, 9.17) is 23.1 Å². The minimum Gasteiger partial charge on any atom is -0.870 e. The number of hydrogen-bond donors (Lipinski definition) is 3. The summed E-state index contributed by atoms with van der Waals surface area (Å²) in [6, 6.07) is 5.43. The van der Waals surface area contributed by atoms with E-state index in [2.05, 4.69) is 47.4 Å². The van der Waals surface area contributed by atoms with Crippen LogP contribution in [0.2, 0.25) is 5.02 Å². The van der Waals surface area contributed by atoms with E-state index in [1.165, 1.54) is 42.7 Å². The first-order valence-corrected chi connectivity index (χ1v) is 12.5. The zero-order chi connectivity index (χ0) is 27.2. The number of anilines is 3. The molecule has 0 fully saturated rings. The Kier molecular flexibility index (Phi) is 17.2. The van der Waals surface area contributed by atoms with E-state index < -0.39 is 0 Å². The maximum atomic E-state index is 10.7. The van der Waals surface area contributed by atoms with E-state index in [0.29, 0.717) is 21.0 Å². The second-order valence-electron chi connectivity index (χ2n) is 6.56. The summed E-state index contributed by atoms with van der Waals surface area (Å²) >= 11 is 12.6. The number of aromatic nitrogens is 5. The van der Waals surface area contributed by atoms with Crippen molar-refractivity contribution in [2.75, 3.05) is 16.8 Å². The Balaban J connectivity index is 0.000000504. The number of nitrogens with zero attached hydrogens (tertiary/aromatic N) is 6. The molecule has 12 nitrogen and oxygen atoms in total. The number of amides is 2. The zero-order valence-electron chi connectivity index (χ0n) is 20.9. The van der Waals surface area contributed by atoms with Gasteiger partial charge in [0.25, 0.3) is 5.91 Å². The number of carbonyl (C=O) groups excluding carboxylic acids is 2. The Morgan fingerprint density at radius 1 is 0.949 bits per heavy atom. The van der Waals surface area contributed by atoms with Gasteiger partial charge in [-0.15, -0.1) is 0 Å². The quantitative estimate of drug-likeness (QED) is 0.144. The van der Waals surface area contributed by atoms with E-state index >= 15 is 0 Å². The molecule has 5 rings (SSSR count). The van der Waals surface area contributed by atoms with Crippen molar-refractivity contribution in [2.45, 2.75) is 13.8 Å². The standard InChI is InChI=1S/C8H7N3OS.C6H5N3S.C5H5ClN2.C3H3NOS.Li.H2O/c1-5(12)10-8-11-6-4-9-3-2-7(6)13-8;7-6-9-4-3-8-2-1-5(4)10-6;6-4-1-2-8-3-5(4)7;1-3(5)4-2-6;;/h2-4H,1H3,(H,10,11,12);1-3H,(H2,7,9);1-3H,7H2;1H3;;1H2/q;;;;+1;/p-1. The van der Waals surface area contributed by atoms with Crippen molar-refractivity contribution in [3.63, 3.8) is 0 Å². The summed E-state index contributed by atoms with van der Waals surface area (Å²) in [4.78, 5) is 43.3. The van der Waals surface area contributed by atoms with Crippen LogP contribution in [0.3, 0.4) is 0 Å². The molecule has 5 aromatic heterocycles. The van der Waals surface area contributed by atoms with Crippen LogP contribution in [0.15, 0.2) is 60.4 Å². The van der Waals surface area contributed by atoms with E-state index in [-0.39, 0.29) is 36.2 Å². The molecule has 0 saturated carbocycles. The minimum absolute atomic E-state index is 0. The molecule has 39 heavy (non-hydrogen) atoms. The van der Waals surface area contributed by atoms with Gasteiger partial charge in [-0.25, -0.2) is 9.97 Å². The molecule has 0 aliphatic heterocycles. The van der Waals surface area contributed by atoms with E-state index in [1.54, 1.807) is 37.1 Å². The predicted molar refractivity (Wildman–Crippen MR) is 155 cm³/mol. The Morgan fingerprint density at radius 3 is 1.90 bits per heavy atom. The fraction of sp³-hybridized carbons (Fsp3) is 0.0909. The van der Waals surface area contributed by atoms with Crippen molar-refractivity contribution in [3.8, 4) is 0 Å². The maximum Gasteiger partial charge on any atom is 1.00 e. The molecule has 0 spiro atoms. The van der Waals surface area contributed by atoms with Gasteiger partial charge in [0.15, 0.2) is 10.3 Å². The number of hydrogen-bond acceptors (Lipinski definition) is 13. The van der Waals surface area contributed by atoms with Crippen molar-refractivity contribution < 1.29 is 33.9 Å². The number of aliphatic imine (C=N–C) groups is 1. The number of rotatable bonds is 1. The number of fused-ring (bicyclic) bond motifs is 2. The Hall–Kier alpha value is -3.38. The molecule has 0 bridgehead atoms. The number of thiazole rings is 2. The monoisotopic (exact) mass is 597 g/mol. The minimum atomic E-state index is -0.301. The van der Waals surface area contributed by atoms with E-state index in [1.807, 2.05) is 17.3 Å². The summed E-state index contributed by atoms with van der Waals surface area (Å²) < 4.78 is 2.12. The normalized spacial score (nSPS) is 8.90. The third-order valence-corrected chi connectivity index (χ3v) is 5.93. The fourth-order valence-corrected chi connectivity index (χ4v) is 4.05. The molecule has 17 heteroatoms. The molecule has 0 radical (unpaired) electrons. The molecule has 198 valence electrons. The van der Waals surface area contributed by atoms with E-state index in [0.717, 1.165) is 20.4 Å². The Labute approximate surface area is 253 Å². The van der Waals surface area contributed by atoms with Gasteiger partial charge in [0.2, 0.25) is 5.91 Å². The van der Waals surface area contributed by atoms with Crippen LogP contribution in [0.1, 0.15) is 13.8 Å². The third-order valence-electron chi connectivity index (χ3n) is 3.68. The first kappa shape index (κ1) is 35.6. The molecule has 6 N–H and O–H groups in total. The number of carbonyl (C=O) groups is 2. The fourth-order valence-electron chi connectivity index (χ4n) is 2.24. The number of halogens is 1. The average Bonchev–Trinajstić information content (AvgIpc) is 3.43. The van der Waals surface area contributed by atoms with Gasteiger partial charge in [-0.2, -0.15) is 4.99 Å². The van der Waals surface area contributed by atoms with Gasteiger partial charge in [-0.3, -0.25) is 24.5 Å². The summed E-state index contributed by atoms with van der Waals surface area (Å²) in [5.74, 6) is -0.406. The Morgan fingerprint density at radius 2 is 1.49 bits per heavy atom. The Bertz CT molecular complexity index is 1460. The van der Waals surface area contributed by atoms with Gasteiger partial charge < -0.3 is 22.3 Å². The number of isothiocyanates is 1. The average molecular weight is 598 g/mol. The number of pyridine rings is 3. The maximum absolute atomic E-state index is 10.7. The van der Waals surface area contributed by atoms with Gasteiger partial charge in [0.05, 0.1) is 43.9 Å². The summed E-state index contributed by atoms with van der Waals surface area (Å²) in [5.41, 5.74) is 13.0. The molecule has 0 saturated heterocycles. The van der Waals surface area contributed by atoms with Crippen molar-refractivity contribution in [1.82, 2.24) is 24.9 Å². The SMILES string of the molecule is CC(=O)N=C=S.CC(=O)Nc1nc2cnccc2s1.Nc1cnccc1Cl.Nc1nc2cnccc2s1.[Li+].[OH-]. The van der Waals surface area contributed by atoms with Crippen LogP contribution in [-0.4, -0.2) is 47.4 Å². The molecule has 0 aromatic carbocycles. The number of nitrogens with two attached hydrogens (primary N) is 2. The van der Waals surface area contributed by atoms with Crippen LogP contribution in [0.5, 0.6) is 0 Å². The molecule has 0 aliphatic rings. The first-order chi connectivity index (χ1) is 17.7. The first-order valence-electron chi connectivity index (χ1n) is 10.1. The molecule has 0 atom stereocenters. The third kappa shape index (κ3) is 13.3. The molecule has 5 aromatic rings. The van der Waals surface area contributed by atoms with Crippen LogP contribution in [-0.2, 0) is 9.59 Å². The molecular weight excluding hydrogens is 577 g/mol. The molecule has 0 aliphatic carbocycles. The van der Waals surface area contributed by atoms with Gasteiger partial charge in [0.1, 0.15) is 11.0 Å². The summed E-state index contributed by atoms with van der Waals surface area (Å²) in [6.45, 7) is 2.78. The number of nitrogens with one attached hydrogen (secondary N) is 1. The smallest absolute Gasteiger partial charge is 0.870 e. The summed E-state index contributed by atoms with van der Waals surface area (Å²) in [6.07, 6.45) is 9.94. The zero-order valence-corrected chi connectivity index (χ0v) is 24.1. The summed E-state index contributed by atoms with van der Waals surface area (Å²) in [7, 11) is 0. The summed E-state index contributed by atoms with van der Waals surface area (Å²) in [5, 5.41) is 6.34. The second-order valence-corrected chi connectivity index (χ2v) is 9.24. The molecule has 0 unspecified atom stereocenters. The largest absolute Gasteiger partial charge is 1.00 e. The van der Waals surface area contributed by atoms with Crippen molar-refractivity contribution >= 4 is 99.9 Å². The van der Waals surface area contributed by atoms with Gasteiger partial charge >= 0.3 is 18.9 Å². The van der Waals surface area contributed by atoms with Crippen molar-refractivity contribution in [3.05, 3.63) is 60.4 Å². The van der Waals surface area contributed by atoms with Gasteiger partial charge in [-0.05, 0) is 30.4 Å². The molecule has 2 amide bonds. The van der Waals surface area contributed by atoms with Crippen molar-refractivity contribution in [2.24, 2.45) is 4.99 Å². The molecular formula is C22H21ClLiN9O3S3. The van der Waals surface area contributed by atoms with Gasteiger partial charge in [-0.1, -0.05) is 34.3 Å². The van der Waals surface area contributed by atoms with Crippen molar-refractivity contribution in [1.29, 1.82) is 0 Å². The van der Waals surface area contributed by atoms with E-state index in [9.17, 15) is 9.59 Å². The number of nitrogen functional groups attached to an aromatic ring is 2. The van der Waals surface area contributed by atoms with Crippen LogP contribution in [0, 0.1) is 0 Å². The van der Waals surface area contributed by atoms with Crippen LogP contribution < -0.4 is 35.6 Å². The van der Waals surface area contributed by atoms with Crippen LogP contribution in [0.25, 0.3) is 20.4 Å².